The molecule has 1 aliphatic carbocycles. The number of nitrogen functional groups attached to an aromatic ring is 1. The zero-order valence-corrected chi connectivity index (χ0v) is 9.82. The van der Waals surface area contributed by atoms with Gasteiger partial charge in [0.25, 0.3) is 0 Å². The number of hydrogen-bond donors (Lipinski definition) is 3. The molecule has 7 heteroatoms. The molecule has 0 spiro atoms. The summed E-state index contributed by atoms with van der Waals surface area (Å²) in [5.41, 5.74) is 5.98. The summed E-state index contributed by atoms with van der Waals surface area (Å²) in [5.74, 6) is 0.257. The van der Waals surface area contributed by atoms with Gasteiger partial charge in [0.2, 0.25) is 0 Å². The quantitative estimate of drug-likeness (QED) is 0.679. The van der Waals surface area contributed by atoms with Crippen molar-refractivity contribution < 1.29 is 10.2 Å². The lowest BCUT2D eigenvalue weighted by Crippen LogP contribution is -2.51. The van der Waals surface area contributed by atoms with Gasteiger partial charge in [-0.25, -0.2) is 15.0 Å². The Kier molecular flexibility index (Phi) is 2.46. The first kappa shape index (κ1) is 11.4. The molecule has 0 unspecified atom stereocenters. The first-order chi connectivity index (χ1) is 8.64. The highest BCUT2D eigenvalue weighted by molar-refractivity contribution is 5.81. The molecule has 0 amide bonds. The first-order valence-electron chi connectivity index (χ1n) is 5.88. The van der Waals surface area contributed by atoms with Crippen LogP contribution in [0.25, 0.3) is 11.2 Å². The van der Waals surface area contributed by atoms with Crippen LogP contribution in [0.2, 0.25) is 0 Å². The molecule has 0 radical (unpaired) electrons. The smallest absolute Gasteiger partial charge is 0.165 e. The first-order valence-corrected chi connectivity index (χ1v) is 5.88. The highest BCUT2D eigenvalue weighted by atomic mass is 16.3. The van der Waals surface area contributed by atoms with E-state index in [4.69, 9.17) is 5.73 Å². The van der Waals surface area contributed by atoms with E-state index in [1.807, 2.05) is 0 Å². The zero-order valence-electron chi connectivity index (χ0n) is 9.82. The number of aliphatic hydroxyl groups is 2. The summed E-state index contributed by atoms with van der Waals surface area (Å²) < 4.78 is 1.76. The minimum atomic E-state index is -0.873. The van der Waals surface area contributed by atoms with E-state index in [0.717, 1.165) is 6.42 Å². The molecule has 2 aromatic heterocycles. The van der Waals surface area contributed by atoms with Crippen molar-refractivity contribution in [2.24, 2.45) is 5.92 Å². The zero-order chi connectivity index (χ0) is 12.8. The lowest BCUT2D eigenvalue weighted by molar-refractivity contribution is -0.122. The third kappa shape index (κ3) is 1.55. The van der Waals surface area contributed by atoms with Crippen molar-refractivity contribution in [1.29, 1.82) is 0 Å². The summed E-state index contributed by atoms with van der Waals surface area (Å²) in [4.78, 5) is 12.2. The molecular weight excluding hydrogens is 234 g/mol. The molecule has 96 valence electrons. The summed E-state index contributed by atoms with van der Waals surface area (Å²) in [6.45, 7) is 0.367. The van der Waals surface area contributed by atoms with Gasteiger partial charge in [-0.2, -0.15) is 0 Å². The van der Waals surface area contributed by atoms with Gasteiger partial charge in [0.05, 0.1) is 18.5 Å². The van der Waals surface area contributed by atoms with Gasteiger partial charge >= 0.3 is 0 Å². The Morgan fingerprint density at radius 2 is 2.28 bits per heavy atom. The van der Waals surface area contributed by atoms with E-state index in [-0.39, 0.29) is 12.5 Å². The minimum Gasteiger partial charge on any atom is -0.396 e. The van der Waals surface area contributed by atoms with Crippen molar-refractivity contribution in [2.45, 2.75) is 25.0 Å². The van der Waals surface area contributed by atoms with E-state index in [9.17, 15) is 10.2 Å². The number of aliphatic hydroxyl groups excluding tert-OH is 1. The Bertz CT molecular complexity index is 582. The van der Waals surface area contributed by atoms with Crippen molar-refractivity contribution in [3.8, 4) is 0 Å². The molecule has 2 aromatic rings. The maximum Gasteiger partial charge on any atom is 0.165 e. The Morgan fingerprint density at radius 3 is 2.94 bits per heavy atom. The Hall–Kier alpha value is -1.73. The van der Waals surface area contributed by atoms with Crippen LogP contribution >= 0.6 is 0 Å². The number of nitrogens with zero attached hydrogens (tertiary/aromatic N) is 4. The number of hydrogen-bond acceptors (Lipinski definition) is 6. The predicted molar refractivity (Wildman–Crippen MR) is 64.5 cm³/mol. The molecule has 7 nitrogen and oxygen atoms in total. The monoisotopic (exact) mass is 249 g/mol. The fourth-order valence-electron chi connectivity index (χ4n) is 2.46. The SMILES string of the molecule is Nc1ncnc2c1ncn2C[C@]1(O)CC[C@H]1CO. The van der Waals surface area contributed by atoms with Gasteiger partial charge in [-0.05, 0) is 12.8 Å². The maximum absolute atomic E-state index is 10.4. The van der Waals surface area contributed by atoms with Gasteiger partial charge in [0.1, 0.15) is 11.8 Å². The number of aromatic nitrogens is 4. The van der Waals surface area contributed by atoms with Gasteiger partial charge in [0.15, 0.2) is 11.5 Å². The maximum atomic E-state index is 10.4. The largest absolute Gasteiger partial charge is 0.396 e. The lowest BCUT2D eigenvalue weighted by Gasteiger charge is -2.44. The minimum absolute atomic E-state index is 0.000251. The number of anilines is 1. The Morgan fingerprint density at radius 1 is 1.44 bits per heavy atom. The van der Waals surface area contributed by atoms with E-state index in [0.29, 0.717) is 29.9 Å². The Labute approximate surface area is 103 Å². The molecule has 0 aliphatic heterocycles. The summed E-state index contributed by atoms with van der Waals surface area (Å²) in [5, 5.41) is 19.6. The third-order valence-electron chi connectivity index (χ3n) is 3.78. The van der Waals surface area contributed by atoms with Crippen LogP contribution in [-0.4, -0.2) is 41.9 Å². The number of fused-ring (bicyclic) bond motifs is 1. The van der Waals surface area contributed by atoms with Gasteiger partial charge in [-0.3, -0.25) is 0 Å². The molecule has 1 fully saturated rings. The molecule has 4 N–H and O–H groups in total. The molecule has 0 saturated heterocycles. The van der Waals surface area contributed by atoms with Gasteiger partial charge < -0.3 is 20.5 Å². The van der Waals surface area contributed by atoms with Crippen LogP contribution in [0.4, 0.5) is 5.82 Å². The van der Waals surface area contributed by atoms with Crippen LogP contribution in [0.3, 0.4) is 0 Å². The molecular formula is C11H15N5O2. The topological polar surface area (TPSA) is 110 Å². The Balaban J connectivity index is 1.94. The van der Waals surface area contributed by atoms with Crippen molar-refractivity contribution in [1.82, 2.24) is 19.5 Å². The van der Waals surface area contributed by atoms with Crippen LogP contribution in [0.15, 0.2) is 12.7 Å². The molecule has 1 aliphatic rings. The molecule has 18 heavy (non-hydrogen) atoms. The summed E-state index contributed by atoms with van der Waals surface area (Å²) in [7, 11) is 0. The third-order valence-corrected chi connectivity index (χ3v) is 3.78. The van der Waals surface area contributed by atoms with E-state index < -0.39 is 5.60 Å². The van der Waals surface area contributed by atoms with Crippen LogP contribution in [0.1, 0.15) is 12.8 Å². The fraction of sp³-hybridized carbons (Fsp3) is 0.545. The number of nitrogens with two attached hydrogens (primary N) is 1. The van der Waals surface area contributed by atoms with Crippen molar-refractivity contribution in [2.75, 3.05) is 12.3 Å². The second-order valence-electron chi connectivity index (χ2n) is 4.83. The average molecular weight is 249 g/mol. The van der Waals surface area contributed by atoms with Crippen molar-refractivity contribution >= 4 is 17.0 Å². The van der Waals surface area contributed by atoms with E-state index >= 15 is 0 Å². The highest BCUT2D eigenvalue weighted by Crippen LogP contribution is 2.39. The second-order valence-corrected chi connectivity index (χ2v) is 4.83. The van der Waals surface area contributed by atoms with Crippen LogP contribution < -0.4 is 5.73 Å². The molecule has 0 aromatic carbocycles. The van der Waals surface area contributed by atoms with Crippen molar-refractivity contribution in [3.05, 3.63) is 12.7 Å². The van der Waals surface area contributed by atoms with Crippen molar-refractivity contribution in [3.63, 3.8) is 0 Å². The van der Waals surface area contributed by atoms with Crippen LogP contribution in [0.5, 0.6) is 0 Å². The van der Waals surface area contributed by atoms with E-state index in [1.54, 1.807) is 10.9 Å². The highest BCUT2D eigenvalue weighted by Gasteiger charge is 2.45. The van der Waals surface area contributed by atoms with E-state index in [1.165, 1.54) is 6.33 Å². The summed E-state index contributed by atoms with van der Waals surface area (Å²) >= 11 is 0. The van der Waals surface area contributed by atoms with Gasteiger partial charge in [-0.15, -0.1) is 0 Å². The second kappa shape index (κ2) is 3.89. The molecule has 2 atom stereocenters. The average Bonchev–Trinajstić information content (AvgIpc) is 2.73. The van der Waals surface area contributed by atoms with E-state index in [2.05, 4.69) is 15.0 Å². The molecule has 0 bridgehead atoms. The summed E-state index contributed by atoms with van der Waals surface area (Å²) in [6.07, 6.45) is 4.50. The molecule has 2 heterocycles. The standard InChI is InChI=1S/C11H15N5O2/c12-9-8-10(14-5-13-9)16(6-15-8)4-11(18)2-1-7(11)3-17/h5-7,17-18H,1-4H2,(H2,12,13,14)/t7-,11+/m0/s1. The number of imidazole rings is 1. The predicted octanol–water partition coefficient (Wildman–Crippen LogP) is -0.458. The number of rotatable bonds is 3. The van der Waals surface area contributed by atoms with Crippen LogP contribution in [0, 0.1) is 5.92 Å². The van der Waals surface area contributed by atoms with Gasteiger partial charge in [-0.1, -0.05) is 0 Å². The normalized spacial score (nSPS) is 27.3. The van der Waals surface area contributed by atoms with Crippen LogP contribution in [-0.2, 0) is 6.54 Å². The molecule has 3 rings (SSSR count). The van der Waals surface area contributed by atoms with Gasteiger partial charge in [0, 0.05) is 12.5 Å². The summed E-state index contributed by atoms with van der Waals surface area (Å²) in [6, 6.07) is 0. The molecule has 1 saturated carbocycles. The lowest BCUT2D eigenvalue weighted by atomic mass is 9.69. The fourth-order valence-corrected chi connectivity index (χ4v) is 2.46.